The van der Waals surface area contributed by atoms with Crippen molar-refractivity contribution >= 4 is 17.7 Å². The molecular weight excluding hydrogens is 246 g/mol. The van der Waals surface area contributed by atoms with E-state index in [9.17, 15) is 9.90 Å². The van der Waals surface area contributed by atoms with Gasteiger partial charge in [0.2, 0.25) is 0 Å². The van der Waals surface area contributed by atoms with Crippen LogP contribution in [0.4, 0.5) is 0 Å². The summed E-state index contributed by atoms with van der Waals surface area (Å²) in [7, 11) is 0. The summed E-state index contributed by atoms with van der Waals surface area (Å²) in [4.78, 5) is 14.2. The van der Waals surface area contributed by atoms with E-state index in [1.807, 2.05) is 29.7 Å². The molecule has 3 nitrogen and oxygen atoms in total. The molecule has 1 N–H and O–H groups in total. The monoisotopic (exact) mass is 265 g/mol. The second-order valence-corrected chi connectivity index (χ2v) is 6.08. The standard InChI is InChI=1S/C14H19NO2S/c1-3-11-9-15(6-7-18-11)14(17)12-5-4-10(2)8-13(12)16/h4-5,8,11,16H,3,6-7,9H2,1-2H3. The summed E-state index contributed by atoms with van der Waals surface area (Å²) in [6.07, 6.45) is 1.08. The van der Waals surface area contributed by atoms with Gasteiger partial charge in [-0.1, -0.05) is 13.0 Å². The number of benzene rings is 1. The summed E-state index contributed by atoms with van der Waals surface area (Å²) < 4.78 is 0. The van der Waals surface area contributed by atoms with Gasteiger partial charge in [0.05, 0.1) is 5.56 Å². The Hall–Kier alpha value is -1.16. The number of nitrogens with zero attached hydrogens (tertiary/aromatic N) is 1. The number of carbonyl (C=O) groups is 1. The molecule has 1 aliphatic rings. The van der Waals surface area contributed by atoms with Gasteiger partial charge < -0.3 is 10.0 Å². The molecular formula is C14H19NO2S. The zero-order chi connectivity index (χ0) is 13.1. The van der Waals surface area contributed by atoms with Crippen molar-refractivity contribution in [3.05, 3.63) is 29.3 Å². The van der Waals surface area contributed by atoms with Gasteiger partial charge in [-0.15, -0.1) is 0 Å². The fourth-order valence-electron chi connectivity index (χ4n) is 2.14. The van der Waals surface area contributed by atoms with E-state index in [-0.39, 0.29) is 11.7 Å². The van der Waals surface area contributed by atoms with Crippen molar-refractivity contribution in [1.82, 2.24) is 4.90 Å². The van der Waals surface area contributed by atoms with E-state index < -0.39 is 0 Å². The molecule has 0 bridgehead atoms. The van der Waals surface area contributed by atoms with E-state index in [1.165, 1.54) is 0 Å². The predicted molar refractivity (Wildman–Crippen MR) is 75.3 cm³/mol. The number of amides is 1. The van der Waals surface area contributed by atoms with Gasteiger partial charge in [0, 0.05) is 24.1 Å². The van der Waals surface area contributed by atoms with Crippen molar-refractivity contribution in [1.29, 1.82) is 0 Å². The summed E-state index contributed by atoms with van der Waals surface area (Å²) in [5, 5.41) is 10.4. The fraction of sp³-hybridized carbons (Fsp3) is 0.500. The predicted octanol–water partition coefficient (Wildman–Crippen LogP) is 2.67. The van der Waals surface area contributed by atoms with Crippen LogP contribution in [-0.4, -0.2) is 40.0 Å². The molecule has 0 aromatic heterocycles. The van der Waals surface area contributed by atoms with Gasteiger partial charge in [-0.3, -0.25) is 4.79 Å². The molecule has 0 aliphatic carbocycles. The van der Waals surface area contributed by atoms with Gasteiger partial charge >= 0.3 is 0 Å². The first-order valence-corrected chi connectivity index (χ1v) is 7.37. The number of aryl methyl sites for hydroxylation is 1. The minimum Gasteiger partial charge on any atom is -0.507 e. The highest BCUT2D eigenvalue weighted by Gasteiger charge is 2.25. The Labute approximate surface area is 112 Å². The number of hydrogen-bond acceptors (Lipinski definition) is 3. The number of aromatic hydroxyl groups is 1. The van der Waals surface area contributed by atoms with Crippen molar-refractivity contribution in [2.24, 2.45) is 0 Å². The van der Waals surface area contributed by atoms with Crippen LogP contribution < -0.4 is 0 Å². The van der Waals surface area contributed by atoms with Crippen LogP contribution in [0.5, 0.6) is 5.75 Å². The second kappa shape index (κ2) is 5.65. The molecule has 1 fully saturated rings. The molecule has 4 heteroatoms. The third-order valence-corrected chi connectivity index (χ3v) is 4.64. The van der Waals surface area contributed by atoms with Crippen LogP contribution in [0.1, 0.15) is 29.3 Å². The van der Waals surface area contributed by atoms with E-state index >= 15 is 0 Å². The van der Waals surface area contributed by atoms with Crippen molar-refractivity contribution in [3.8, 4) is 5.75 Å². The van der Waals surface area contributed by atoms with E-state index in [2.05, 4.69) is 6.92 Å². The largest absolute Gasteiger partial charge is 0.507 e. The van der Waals surface area contributed by atoms with Gasteiger partial charge in [-0.2, -0.15) is 11.8 Å². The molecule has 0 radical (unpaired) electrons. The van der Waals surface area contributed by atoms with Crippen LogP contribution in [0.3, 0.4) is 0 Å². The number of rotatable bonds is 2. The van der Waals surface area contributed by atoms with Crippen LogP contribution in [-0.2, 0) is 0 Å². The Morgan fingerprint density at radius 1 is 1.56 bits per heavy atom. The third kappa shape index (κ3) is 2.80. The maximum atomic E-state index is 12.4. The van der Waals surface area contributed by atoms with Gasteiger partial charge in [0.25, 0.3) is 5.91 Å². The zero-order valence-corrected chi connectivity index (χ0v) is 11.7. The lowest BCUT2D eigenvalue weighted by Crippen LogP contribution is -2.41. The molecule has 18 heavy (non-hydrogen) atoms. The number of phenols is 1. The van der Waals surface area contributed by atoms with Crippen LogP contribution in [0.25, 0.3) is 0 Å². The molecule has 1 aliphatic heterocycles. The van der Waals surface area contributed by atoms with E-state index in [0.717, 1.165) is 30.8 Å². The summed E-state index contributed by atoms with van der Waals surface area (Å²) in [5.74, 6) is 1.02. The molecule has 1 amide bonds. The Kier molecular flexibility index (Phi) is 4.17. The maximum Gasteiger partial charge on any atom is 0.257 e. The fourth-order valence-corrected chi connectivity index (χ4v) is 3.32. The highest BCUT2D eigenvalue weighted by Crippen LogP contribution is 2.25. The number of thioether (sulfide) groups is 1. The van der Waals surface area contributed by atoms with Gasteiger partial charge in [-0.25, -0.2) is 0 Å². The SMILES string of the molecule is CCC1CN(C(=O)c2ccc(C)cc2O)CCS1. The minimum atomic E-state index is -0.0498. The number of hydrogen-bond donors (Lipinski definition) is 1. The first kappa shape index (κ1) is 13.3. The van der Waals surface area contributed by atoms with Crippen LogP contribution in [0.15, 0.2) is 18.2 Å². The molecule has 1 atom stereocenters. The van der Waals surface area contributed by atoms with E-state index in [4.69, 9.17) is 0 Å². The number of phenolic OH excluding ortho intramolecular Hbond substituents is 1. The smallest absolute Gasteiger partial charge is 0.257 e. The average molecular weight is 265 g/mol. The van der Waals surface area contributed by atoms with E-state index in [0.29, 0.717) is 10.8 Å². The quantitative estimate of drug-likeness (QED) is 0.893. The first-order chi connectivity index (χ1) is 8.61. The molecule has 1 unspecified atom stereocenters. The van der Waals surface area contributed by atoms with Crippen molar-refractivity contribution < 1.29 is 9.90 Å². The zero-order valence-electron chi connectivity index (χ0n) is 10.8. The normalized spacial score (nSPS) is 19.9. The molecule has 1 heterocycles. The van der Waals surface area contributed by atoms with Crippen LogP contribution in [0.2, 0.25) is 0 Å². The topological polar surface area (TPSA) is 40.5 Å². The van der Waals surface area contributed by atoms with E-state index in [1.54, 1.807) is 12.1 Å². The molecule has 1 aromatic rings. The average Bonchev–Trinajstić information content (AvgIpc) is 2.38. The van der Waals surface area contributed by atoms with Crippen LogP contribution in [0, 0.1) is 6.92 Å². The molecule has 1 aromatic carbocycles. The highest BCUT2D eigenvalue weighted by molar-refractivity contribution is 8.00. The third-order valence-electron chi connectivity index (χ3n) is 3.26. The summed E-state index contributed by atoms with van der Waals surface area (Å²) in [6, 6.07) is 5.22. The van der Waals surface area contributed by atoms with Crippen LogP contribution >= 0.6 is 11.8 Å². The van der Waals surface area contributed by atoms with Gasteiger partial charge in [0.15, 0.2) is 0 Å². The minimum absolute atomic E-state index is 0.0498. The van der Waals surface area contributed by atoms with Gasteiger partial charge in [-0.05, 0) is 31.0 Å². The lowest BCUT2D eigenvalue weighted by molar-refractivity contribution is 0.0758. The van der Waals surface area contributed by atoms with Crippen molar-refractivity contribution in [2.45, 2.75) is 25.5 Å². The van der Waals surface area contributed by atoms with Crippen molar-refractivity contribution in [3.63, 3.8) is 0 Å². The molecule has 1 saturated heterocycles. The maximum absolute atomic E-state index is 12.4. The molecule has 0 spiro atoms. The second-order valence-electron chi connectivity index (χ2n) is 4.67. The Morgan fingerprint density at radius 2 is 2.33 bits per heavy atom. The highest BCUT2D eigenvalue weighted by atomic mass is 32.2. The summed E-state index contributed by atoms with van der Waals surface area (Å²) in [5.41, 5.74) is 1.38. The Bertz CT molecular complexity index is 447. The molecule has 2 rings (SSSR count). The lowest BCUT2D eigenvalue weighted by atomic mass is 10.1. The molecule has 0 saturated carbocycles. The van der Waals surface area contributed by atoms with Gasteiger partial charge in [0.1, 0.15) is 5.75 Å². The lowest BCUT2D eigenvalue weighted by Gasteiger charge is -2.32. The summed E-state index contributed by atoms with van der Waals surface area (Å²) >= 11 is 1.93. The first-order valence-electron chi connectivity index (χ1n) is 6.32. The van der Waals surface area contributed by atoms with Crippen molar-refractivity contribution in [2.75, 3.05) is 18.8 Å². The Morgan fingerprint density at radius 3 is 3.00 bits per heavy atom. The summed E-state index contributed by atoms with van der Waals surface area (Å²) in [6.45, 7) is 5.61. The number of carbonyl (C=O) groups excluding carboxylic acids is 1. The Balaban J connectivity index is 2.15. The molecule has 98 valence electrons.